The van der Waals surface area contributed by atoms with Gasteiger partial charge in [0.05, 0.1) is 0 Å². The fourth-order valence-corrected chi connectivity index (χ4v) is 4.05. The predicted octanol–water partition coefficient (Wildman–Crippen LogP) is 1.74. The van der Waals surface area contributed by atoms with Gasteiger partial charge in [-0.2, -0.15) is 0 Å². The summed E-state index contributed by atoms with van der Waals surface area (Å²) in [4.78, 5) is 0. The average molecular weight is 231 g/mol. The van der Waals surface area contributed by atoms with Gasteiger partial charge < -0.3 is 14.2 Å². The van der Waals surface area contributed by atoms with E-state index in [0.29, 0.717) is 11.7 Å². The zero-order valence-corrected chi connectivity index (χ0v) is 11.4. The third-order valence-corrected chi connectivity index (χ3v) is 5.54. The van der Waals surface area contributed by atoms with E-state index >= 15 is 0 Å². The van der Waals surface area contributed by atoms with Gasteiger partial charge in [0, 0.05) is 25.9 Å². The Hall–Kier alpha value is 0.0969. The maximum absolute atomic E-state index is 5.45. The van der Waals surface area contributed by atoms with Crippen LogP contribution in [0.5, 0.6) is 0 Å². The van der Waals surface area contributed by atoms with E-state index < -0.39 is 9.28 Å². The highest BCUT2D eigenvalue weighted by Gasteiger charge is 2.25. The van der Waals surface area contributed by atoms with Gasteiger partial charge in [-0.25, -0.2) is 0 Å². The van der Waals surface area contributed by atoms with Crippen LogP contribution in [0.25, 0.3) is 0 Å². The van der Waals surface area contributed by atoms with Crippen LogP contribution in [0.2, 0.25) is 0 Å². The zero-order valence-electron chi connectivity index (χ0n) is 10.3. The monoisotopic (exact) mass is 231 g/mol. The lowest BCUT2D eigenvalue weighted by molar-refractivity contribution is 0.245. The van der Waals surface area contributed by atoms with Gasteiger partial charge in [-0.05, 0) is 19.3 Å². The van der Waals surface area contributed by atoms with Crippen LogP contribution in [0.15, 0.2) is 0 Å². The van der Waals surface area contributed by atoms with Crippen molar-refractivity contribution in [2.75, 3.05) is 14.2 Å². The molecule has 0 amide bonds. The molecule has 1 aliphatic carbocycles. The number of rotatable bonds is 6. The van der Waals surface area contributed by atoms with Crippen LogP contribution in [0.1, 0.15) is 45.4 Å². The summed E-state index contributed by atoms with van der Waals surface area (Å²) in [7, 11) is 2.05. The van der Waals surface area contributed by atoms with Crippen LogP contribution in [0.3, 0.4) is 0 Å². The van der Waals surface area contributed by atoms with Crippen molar-refractivity contribution in [1.29, 1.82) is 0 Å². The molecular formula is C11H25NO2Si. The van der Waals surface area contributed by atoms with Crippen molar-refractivity contribution in [3.05, 3.63) is 0 Å². The van der Waals surface area contributed by atoms with Gasteiger partial charge in [0.2, 0.25) is 0 Å². The highest BCUT2D eigenvalue weighted by molar-refractivity contribution is 6.46. The Balaban J connectivity index is 2.36. The van der Waals surface area contributed by atoms with Crippen molar-refractivity contribution in [3.8, 4) is 0 Å². The van der Waals surface area contributed by atoms with E-state index in [1.165, 1.54) is 32.1 Å². The summed E-state index contributed by atoms with van der Waals surface area (Å²) >= 11 is 0. The van der Waals surface area contributed by atoms with Crippen LogP contribution < -0.4 is 5.32 Å². The van der Waals surface area contributed by atoms with E-state index in [2.05, 4.69) is 12.2 Å². The minimum Gasteiger partial charge on any atom is -0.399 e. The van der Waals surface area contributed by atoms with E-state index in [-0.39, 0.29) is 0 Å². The van der Waals surface area contributed by atoms with E-state index in [1.54, 1.807) is 14.2 Å². The first-order valence-corrected chi connectivity index (χ1v) is 7.74. The van der Waals surface area contributed by atoms with Crippen LogP contribution in [-0.2, 0) is 8.85 Å². The van der Waals surface area contributed by atoms with Crippen LogP contribution >= 0.6 is 0 Å². The average Bonchev–Trinajstić information content (AvgIpc) is 2.30. The maximum atomic E-state index is 5.45. The smallest absolute Gasteiger partial charge is 0.338 e. The lowest BCUT2D eigenvalue weighted by Gasteiger charge is -2.30. The molecule has 0 radical (unpaired) electrons. The van der Waals surface area contributed by atoms with Crippen LogP contribution in [0.4, 0.5) is 0 Å². The van der Waals surface area contributed by atoms with E-state index in [4.69, 9.17) is 8.85 Å². The van der Waals surface area contributed by atoms with Crippen molar-refractivity contribution in [2.45, 2.75) is 57.2 Å². The molecule has 0 bridgehead atoms. The molecule has 1 atom stereocenters. The SMILES string of the molecule is CCC(NC1CCCCC1)[SiH](OC)OC. The van der Waals surface area contributed by atoms with Crippen molar-refractivity contribution in [3.63, 3.8) is 0 Å². The second-order valence-electron chi connectivity index (χ2n) is 4.36. The molecule has 1 rings (SSSR count). The van der Waals surface area contributed by atoms with Crippen molar-refractivity contribution < 1.29 is 8.85 Å². The highest BCUT2D eigenvalue weighted by atomic mass is 28.3. The molecule has 1 unspecified atom stereocenters. The molecule has 0 aromatic rings. The normalized spacial score (nSPS) is 20.8. The van der Waals surface area contributed by atoms with E-state index in [0.717, 1.165) is 6.42 Å². The molecule has 15 heavy (non-hydrogen) atoms. The summed E-state index contributed by atoms with van der Waals surface area (Å²) in [5.41, 5.74) is 0.461. The summed E-state index contributed by atoms with van der Waals surface area (Å²) in [6.07, 6.45) is 7.91. The molecule has 0 heterocycles. The first-order chi connectivity index (χ1) is 7.31. The second kappa shape index (κ2) is 7.38. The van der Waals surface area contributed by atoms with Crippen molar-refractivity contribution >= 4 is 9.28 Å². The topological polar surface area (TPSA) is 30.5 Å². The van der Waals surface area contributed by atoms with Gasteiger partial charge >= 0.3 is 9.28 Å². The standard InChI is InChI=1S/C11H25NO2Si/c1-4-11(15(13-2)14-3)12-10-8-6-5-7-9-10/h10-12,15H,4-9H2,1-3H3. The molecule has 0 saturated heterocycles. The van der Waals surface area contributed by atoms with Crippen LogP contribution in [0, 0.1) is 0 Å². The quantitative estimate of drug-likeness (QED) is 0.706. The first-order valence-electron chi connectivity index (χ1n) is 6.13. The Morgan fingerprint density at radius 2 is 1.80 bits per heavy atom. The Morgan fingerprint density at radius 3 is 2.27 bits per heavy atom. The summed E-state index contributed by atoms with van der Waals surface area (Å²) in [5, 5.41) is 3.72. The maximum Gasteiger partial charge on any atom is 0.338 e. The zero-order chi connectivity index (χ0) is 11.1. The molecular weight excluding hydrogens is 206 g/mol. The molecule has 4 heteroatoms. The van der Waals surface area contributed by atoms with Gasteiger partial charge in [0.15, 0.2) is 0 Å². The van der Waals surface area contributed by atoms with Gasteiger partial charge in [-0.3, -0.25) is 0 Å². The molecule has 0 aromatic carbocycles. The number of hydrogen-bond donors (Lipinski definition) is 1. The predicted molar refractivity (Wildman–Crippen MR) is 65.3 cm³/mol. The van der Waals surface area contributed by atoms with Gasteiger partial charge in [-0.1, -0.05) is 26.2 Å². The van der Waals surface area contributed by atoms with Gasteiger partial charge in [0.1, 0.15) is 0 Å². The Labute approximate surface area is 95.4 Å². The third-order valence-electron chi connectivity index (χ3n) is 3.29. The molecule has 0 aromatic heterocycles. The van der Waals surface area contributed by atoms with Crippen molar-refractivity contribution in [2.24, 2.45) is 0 Å². The summed E-state index contributed by atoms with van der Waals surface area (Å²) in [6, 6.07) is 0.698. The molecule has 1 N–H and O–H groups in total. The summed E-state index contributed by atoms with van der Waals surface area (Å²) in [6.45, 7) is 2.21. The lowest BCUT2D eigenvalue weighted by atomic mass is 9.95. The van der Waals surface area contributed by atoms with E-state index in [1.807, 2.05) is 0 Å². The number of nitrogens with one attached hydrogen (secondary N) is 1. The summed E-state index contributed by atoms with van der Waals surface area (Å²) in [5.74, 6) is 0. The second-order valence-corrected chi connectivity index (χ2v) is 6.84. The fourth-order valence-electron chi connectivity index (χ4n) is 2.39. The Kier molecular flexibility index (Phi) is 6.48. The third kappa shape index (κ3) is 4.22. The molecule has 90 valence electrons. The molecule has 0 aliphatic heterocycles. The molecule has 3 nitrogen and oxygen atoms in total. The highest BCUT2D eigenvalue weighted by Crippen LogP contribution is 2.18. The Bertz CT molecular complexity index is 159. The molecule has 1 fully saturated rings. The Morgan fingerprint density at radius 1 is 1.20 bits per heavy atom. The lowest BCUT2D eigenvalue weighted by Crippen LogP contribution is -2.50. The fraction of sp³-hybridized carbons (Fsp3) is 1.00. The summed E-state index contributed by atoms with van der Waals surface area (Å²) < 4.78 is 10.9. The molecule has 0 spiro atoms. The minimum absolute atomic E-state index is 0.461. The van der Waals surface area contributed by atoms with E-state index in [9.17, 15) is 0 Å². The van der Waals surface area contributed by atoms with Gasteiger partial charge in [-0.15, -0.1) is 0 Å². The van der Waals surface area contributed by atoms with Crippen LogP contribution in [-0.4, -0.2) is 35.2 Å². The number of hydrogen-bond acceptors (Lipinski definition) is 3. The van der Waals surface area contributed by atoms with Crippen molar-refractivity contribution in [1.82, 2.24) is 5.32 Å². The molecule has 1 aliphatic rings. The largest absolute Gasteiger partial charge is 0.399 e. The minimum atomic E-state index is -1.49. The first kappa shape index (κ1) is 13.2. The molecule has 1 saturated carbocycles. The van der Waals surface area contributed by atoms with Gasteiger partial charge in [0.25, 0.3) is 0 Å².